The van der Waals surface area contributed by atoms with Crippen LogP contribution in [0.3, 0.4) is 0 Å². The molecule has 0 aliphatic heterocycles. The van der Waals surface area contributed by atoms with Gasteiger partial charge in [0.15, 0.2) is 0 Å². The molecule has 3 N–H and O–H groups in total. The normalized spacial score (nSPS) is 11.6. The molecule has 0 aliphatic rings. The number of primary sulfonamides is 1. The molecule has 0 atom stereocenters. The minimum Gasteiger partial charge on any atom is -0.349 e. The minimum atomic E-state index is -3.78. The van der Waals surface area contributed by atoms with Crippen molar-refractivity contribution >= 4 is 15.9 Å². The Morgan fingerprint density at radius 2 is 1.94 bits per heavy atom. The van der Waals surface area contributed by atoms with E-state index in [9.17, 15) is 13.2 Å². The summed E-state index contributed by atoms with van der Waals surface area (Å²) in [5.41, 5.74) is 0.299. The molecular formula is C12H18N2O3S. The van der Waals surface area contributed by atoms with E-state index in [0.717, 1.165) is 12.8 Å². The number of benzene rings is 1. The summed E-state index contributed by atoms with van der Waals surface area (Å²) in [4.78, 5) is 11.8. The van der Waals surface area contributed by atoms with Crippen LogP contribution in [0.2, 0.25) is 0 Å². The molecule has 1 rings (SSSR count). The van der Waals surface area contributed by atoms with E-state index in [-0.39, 0.29) is 16.8 Å². The van der Waals surface area contributed by atoms with E-state index in [1.807, 2.05) is 13.8 Å². The third-order valence-electron chi connectivity index (χ3n) is 2.75. The van der Waals surface area contributed by atoms with Gasteiger partial charge in [0.1, 0.15) is 0 Å². The molecule has 0 heterocycles. The maximum atomic E-state index is 11.9. The summed E-state index contributed by atoms with van der Waals surface area (Å²) >= 11 is 0. The smallest absolute Gasteiger partial charge is 0.251 e. The van der Waals surface area contributed by atoms with Crippen molar-refractivity contribution in [3.8, 4) is 0 Å². The van der Waals surface area contributed by atoms with Gasteiger partial charge < -0.3 is 5.32 Å². The molecule has 0 bridgehead atoms. The standard InChI is InChI=1S/C12H18N2O3S/c1-3-10(4-2)14-12(15)9-6-5-7-11(8-9)18(13,16)17/h5-8,10H,3-4H2,1-2H3,(H,14,15)(H2,13,16,17). The Kier molecular flexibility index (Phi) is 4.86. The highest BCUT2D eigenvalue weighted by Crippen LogP contribution is 2.10. The summed E-state index contributed by atoms with van der Waals surface area (Å²) in [5.74, 6) is -0.283. The highest BCUT2D eigenvalue weighted by molar-refractivity contribution is 7.89. The topological polar surface area (TPSA) is 89.3 Å². The Balaban J connectivity index is 2.94. The third-order valence-corrected chi connectivity index (χ3v) is 3.66. The highest BCUT2D eigenvalue weighted by Gasteiger charge is 2.14. The summed E-state index contributed by atoms with van der Waals surface area (Å²) in [6, 6.07) is 5.81. The maximum absolute atomic E-state index is 11.9. The van der Waals surface area contributed by atoms with Crippen LogP contribution >= 0.6 is 0 Å². The van der Waals surface area contributed by atoms with E-state index >= 15 is 0 Å². The first-order valence-corrected chi connectivity index (χ1v) is 7.36. The lowest BCUT2D eigenvalue weighted by Gasteiger charge is -2.14. The van der Waals surface area contributed by atoms with Gasteiger partial charge in [-0.2, -0.15) is 0 Å². The average molecular weight is 270 g/mol. The van der Waals surface area contributed by atoms with Gasteiger partial charge in [-0.15, -0.1) is 0 Å². The molecule has 0 aromatic heterocycles. The molecule has 1 aromatic rings. The molecular weight excluding hydrogens is 252 g/mol. The van der Waals surface area contributed by atoms with Crippen LogP contribution in [0.4, 0.5) is 0 Å². The maximum Gasteiger partial charge on any atom is 0.251 e. The predicted molar refractivity (Wildman–Crippen MR) is 69.7 cm³/mol. The number of nitrogens with one attached hydrogen (secondary N) is 1. The van der Waals surface area contributed by atoms with E-state index in [4.69, 9.17) is 5.14 Å². The van der Waals surface area contributed by atoms with Crippen LogP contribution < -0.4 is 10.5 Å². The van der Waals surface area contributed by atoms with Crippen LogP contribution in [0.5, 0.6) is 0 Å². The second-order valence-corrected chi connectivity index (χ2v) is 5.62. The Bertz CT molecular complexity index is 522. The van der Waals surface area contributed by atoms with E-state index in [1.54, 1.807) is 6.07 Å². The minimum absolute atomic E-state index is 0.0558. The van der Waals surface area contributed by atoms with E-state index in [1.165, 1.54) is 18.2 Å². The molecule has 1 amide bonds. The van der Waals surface area contributed by atoms with Gasteiger partial charge in [-0.05, 0) is 31.0 Å². The van der Waals surface area contributed by atoms with Crippen molar-refractivity contribution in [2.75, 3.05) is 0 Å². The summed E-state index contributed by atoms with van der Waals surface area (Å²) in [5, 5.41) is 7.86. The molecule has 0 spiro atoms. The van der Waals surface area contributed by atoms with Gasteiger partial charge in [0.05, 0.1) is 4.90 Å². The van der Waals surface area contributed by atoms with E-state index in [0.29, 0.717) is 5.56 Å². The summed E-state index contributed by atoms with van der Waals surface area (Å²) in [7, 11) is -3.78. The first kappa shape index (κ1) is 14.7. The van der Waals surface area contributed by atoms with E-state index < -0.39 is 10.0 Å². The molecule has 0 aliphatic carbocycles. The zero-order valence-electron chi connectivity index (χ0n) is 10.5. The number of rotatable bonds is 5. The van der Waals surface area contributed by atoms with Gasteiger partial charge in [-0.1, -0.05) is 19.9 Å². The van der Waals surface area contributed by atoms with Gasteiger partial charge in [0.2, 0.25) is 10.0 Å². The fraction of sp³-hybridized carbons (Fsp3) is 0.417. The number of nitrogens with two attached hydrogens (primary N) is 1. The Labute approximate surface area is 107 Å². The van der Waals surface area contributed by atoms with Crippen molar-refractivity contribution in [1.82, 2.24) is 5.32 Å². The van der Waals surface area contributed by atoms with Crippen molar-refractivity contribution in [1.29, 1.82) is 0 Å². The predicted octanol–water partition coefficient (Wildman–Crippen LogP) is 1.25. The largest absolute Gasteiger partial charge is 0.349 e. The van der Waals surface area contributed by atoms with Crippen LogP contribution in [-0.2, 0) is 10.0 Å². The fourth-order valence-electron chi connectivity index (χ4n) is 1.58. The monoisotopic (exact) mass is 270 g/mol. The van der Waals surface area contributed by atoms with E-state index in [2.05, 4.69) is 5.32 Å². The number of hydrogen-bond acceptors (Lipinski definition) is 3. The molecule has 18 heavy (non-hydrogen) atoms. The number of carbonyl (C=O) groups is 1. The third kappa shape index (κ3) is 3.82. The van der Waals surface area contributed by atoms with Crippen molar-refractivity contribution in [2.45, 2.75) is 37.6 Å². The molecule has 6 heteroatoms. The Morgan fingerprint density at radius 1 is 1.33 bits per heavy atom. The first-order valence-electron chi connectivity index (χ1n) is 5.82. The van der Waals surface area contributed by atoms with Gasteiger partial charge in [-0.25, -0.2) is 13.6 Å². The van der Waals surface area contributed by atoms with Gasteiger partial charge in [0, 0.05) is 11.6 Å². The first-order chi connectivity index (χ1) is 8.38. The lowest BCUT2D eigenvalue weighted by Crippen LogP contribution is -2.33. The summed E-state index contributed by atoms with van der Waals surface area (Å²) in [6.07, 6.45) is 1.66. The second-order valence-electron chi connectivity index (χ2n) is 4.06. The average Bonchev–Trinajstić information content (AvgIpc) is 2.34. The number of carbonyl (C=O) groups excluding carboxylic acids is 1. The zero-order chi connectivity index (χ0) is 13.8. The summed E-state index contributed by atoms with van der Waals surface area (Å²) < 4.78 is 22.4. The van der Waals surface area contributed by atoms with Gasteiger partial charge in [-0.3, -0.25) is 4.79 Å². The van der Waals surface area contributed by atoms with Crippen molar-refractivity contribution in [2.24, 2.45) is 5.14 Å². The van der Waals surface area contributed by atoms with Gasteiger partial charge >= 0.3 is 0 Å². The number of hydrogen-bond donors (Lipinski definition) is 2. The molecule has 5 nitrogen and oxygen atoms in total. The Morgan fingerprint density at radius 3 is 2.44 bits per heavy atom. The van der Waals surface area contributed by atoms with Crippen LogP contribution in [0, 0.1) is 0 Å². The summed E-state index contributed by atoms with van der Waals surface area (Å²) in [6.45, 7) is 3.96. The second kappa shape index (κ2) is 5.97. The lowest BCUT2D eigenvalue weighted by molar-refractivity contribution is 0.0934. The van der Waals surface area contributed by atoms with Crippen LogP contribution in [-0.4, -0.2) is 20.4 Å². The van der Waals surface area contributed by atoms with Crippen molar-refractivity contribution in [3.05, 3.63) is 29.8 Å². The highest BCUT2D eigenvalue weighted by atomic mass is 32.2. The molecule has 100 valence electrons. The van der Waals surface area contributed by atoms with Crippen LogP contribution in [0.25, 0.3) is 0 Å². The fourth-order valence-corrected chi connectivity index (χ4v) is 2.14. The zero-order valence-corrected chi connectivity index (χ0v) is 11.3. The number of amides is 1. The van der Waals surface area contributed by atoms with Crippen LogP contribution in [0.1, 0.15) is 37.0 Å². The molecule has 0 saturated heterocycles. The lowest BCUT2D eigenvalue weighted by atomic mass is 10.1. The van der Waals surface area contributed by atoms with Crippen molar-refractivity contribution in [3.63, 3.8) is 0 Å². The quantitative estimate of drug-likeness (QED) is 0.844. The molecule has 0 unspecified atom stereocenters. The molecule has 1 aromatic carbocycles. The Hall–Kier alpha value is -1.40. The molecule has 0 fully saturated rings. The molecule has 0 saturated carbocycles. The van der Waals surface area contributed by atoms with Gasteiger partial charge in [0.25, 0.3) is 5.91 Å². The van der Waals surface area contributed by atoms with Crippen molar-refractivity contribution < 1.29 is 13.2 Å². The molecule has 0 radical (unpaired) electrons. The SMILES string of the molecule is CCC(CC)NC(=O)c1cccc(S(N)(=O)=O)c1. The number of sulfonamides is 1. The van der Waals surface area contributed by atoms with Crippen LogP contribution in [0.15, 0.2) is 29.2 Å².